The van der Waals surface area contributed by atoms with Gasteiger partial charge in [-0.2, -0.15) is 0 Å². The van der Waals surface area contributed by atoms with Gasteiger partial charge >= 0.3 is 17.9 Å². The van der Waals surface area contributed by atoms with Crippen LogP contribution < -0.4 is 10.2 Å². The minimum absolute atomic E-state index is 0.0735. The Labute approximate surface area is 289 Å². The van der Waals surface area contributed by atoms with Crippen molar-refractivity contribution < 1.29 is 33.4 Å². The Hall–Kier alpha value is -5.80. The summed E-state index contributed by atoms with van der Waals surface area (Å²) in [6.07, 6.45) is 0. The molecular formula is C41H36N2O7. The number of hydrogen-bond acceptors (Lipinski definition) is 8. The molecule has 0 radical (unpaired) electrons. The average molecular weight is 669 g/mol. The SMILES string of the molecule is C=C1C(C(=O)OCc2c3ccccc3cc3ccccc23)[C@]2(NC1(C(=O)OCC)C(=O)OCC)C(=O)N(Cc1ccccc1)c1ccccc12. The van der Waals surface area contributed by atoms with E-state index in [4.69, 9.17) is 14.2 Å². The first kappa shape index (κ1) is 32.7. The average Bonchev–Trinajstić information content (AvgIpc) is 3.55. The molecule has 5 aromatic rings. The van der Waals surface area contributed by atoms with Crippen molar-refractivity contribution in [1.29, 1.82) is 0 Å². The van der Waals surface area contributed by atoms with E-state index >= 15 is 4.79 Å². The van der Waals surface area contributed by atoms with Crippen molar-refractivity contribution in [2.24, 2.45) is 5.92 Å². The van der Waals surface area contributed by atoms with Crippen LogP contribution in [-0.2, 0) is 52.1 Å². The van der Waals surface area contributed by atoms with Gasteiger partial charge in [-0.3, -0.25) is 14.9 Å². The predicted octanol–water partition coefficient (Wildman–Crippen LogP) is 6.12. The lowest BCUT2D eigenvalue weighted by Crippen LogP contribution is -2.63. The zero-order chi connectivity index (χ0) is 35.0. The monoisotopic (exact) mass is 668 g/mol. The van der Waals surface area contributed by atoms with Crippen LogP contribution in [-0.4, -0.2) is 42.6 Å². The topological polar surface area (TPSA) is 111 Å². The molecule has 1 spiro atoms. The van der Waals surface area contributed by atoms with E-state index in [0.717, 1.165) is 32.7 Å². The maximum atomic E-state index is 15.0. The van der Waals surface area contributed by atoms with Crippen molar-refractivity contribution in [2.45, 2.75) is 38.1 Å². The van der Waals surface area contributed by atoms with Crippen LogP contribution >= 0.6 is 0 Å². The molecule has 1 amide bonds. The molecule has 252 valence electrons. The molecule has 9 heteroatoms. The molecule has 7 rings (SSSR count). The van der Waals surface area contributed by atoms with Crippen molar-refractivity contribution in [3.05, 3.63) is 138 Å². The Morgan fingerprint density at radius 1 is 0.760 bits per heavy atom. The van der Waals surface area contributed by atoms with Crippen LogP contribution in [0, 0.1) is 5.92 Å². The second-order valence-corrected chi connectivity index (χ2v) is 12.4. The highest BCUT2D eigenvalue weighted by atomic mass is 16.6. The second kappa shape index (κ2) is 12.9. The van der Waals surface area contributed by atoms with Crippen LogP contribution in [0.3, 0.4) is 0 Å². The van der Waals surface area contributed by atoms with Crippen LogP contribution in [0.2, 0.25) is 0 Å². The number of nitrogens with one attached hydrogen (secondary N) is 1. The first-order valence-electron chi connectivity index (χ1n) is 16.6. The number of amides is 1. The van der Waals surface area contributed by atoms with Crippen LogP contribution in [0.25, 0.3) is 21.5 Å². The van der Waals surface area contributed by atoms with Gasteiger partial charge in [0.1, 0.15) is 18.1 Å². The number of rotatable bonds is 9. The number of fused-ring (bicyclic) bond motifs is 4. The van der Waals surface area contributed by atoms with Gasteiger partial charge in [-0.1, -0.05) is 104 Å². The van der Waals surface area contributed by atoms with E-state index in [-0.39, 0.29) is 31.9 Å². The normalized spacial score (nSPS) is 19.2. The van der Waals surface area contributed by atoms with Gasteiger partial charge < -0.3 is 19.1 Å². The Balaban J connectivity index is 1.38. The summed E-state index contributed by atoms with van der Waals surface area (Å²) < 4.78 is 17.0. The Morgan fingerprint density at radius 3 is 1.94 bits per heavy atom. The molecule has 0 aromatic heterocycles. The second-order valence-electron chi connectivity index (χ2n) is 12.4. The fourth-order valence-electron chi connectivity index (χ4n) is 7.46. The summed E-state index contributed by atoms with van der Waals surface area (Å²) in [5.41, 5.74) is -1.99. The third-order valence-electron chi connectivity index (χ3n) is 9.67. The van der Waals surface area contributed by atoms with Crippen molar-refractivity contribution in [3.8, 4) is 0 Å². The largest absolute Gasteiger partial charge is 0.464 e. The van der Waals surface area contributed by atoms with E-state index in [9.17, 15) is 14.4 Å². The van der Waals surface area contributed by atoms with E-state index < -0.39 is 40.8 Å². The Morgan fingerprint density at radius 2 is 1.32 bits per heavy atom. The van der Waals surface area contributed by atoms with Crippen molar-refractivity contribution in [3.63, 3.8) is 0 Å². The Bertz CT molecular complexity index is 2110. The zero-order valence-electron chi connectivity index (χ0n) is 27.8. The minimum Gasteiger partial charge on any atom is -0.464 e. The van der Waals surface area contributed by atoms with Gasteiger partial charge in [0.15, 0.2) is 0 Å². The number of esters is 3. The molecule has 2 aliphatic heterocycles. The summed E-state index contributed by atoms with van der Waals surface area (Å²) >= 11 is 0. The summed E-state index contributed by atoms with van der Waals surface area (Å²) in [5.74, 6) is -4.95. The van der Waals surface area contributed by atoms with E-state index in [2.05, 4.69) is 18.0 Å². The van der Waals surface area contributed by atoms with E-state index in [0.29, 0.717) is 11.3 Å². The van der Waals surface area contributed by atoms with Crippen molar-refractivity contribution in [1.82, 2.24) is 5.32 Å². The van der Waals surface area contributed by atoms with Gasteiger partial charge in [-0.05, 0) is 58.7 Å². The molecule has 50 heavy (non-hydrogen) atoms. The number of ether oxygens (including phenoxy) is 3. The highest BCUT2D eigenvalue weighted by Gasteiger charge is 2.74. The van der Waals surface area contributed by atoms with Gasteiger partial charge in [0, 0.05) is 16.8 Å². The number of carbonyl (C=O) groups is 4. The van der Waals surface area contributed by atoms with Crippen molar-refractivity contribution >= 4 is 51.0 Å². The quantitative estimate of drug-likeness (QED) is 0.0658. The highest BCUT2D eigenvalue weighted by molar-refractivity contribution is 6.17. The Kier molecular flexibility index (Phi) is 8.45. The molecule has 2 heterocycles. The zero-order valence-corrected chi connectivity index (χ0v) is 27.8. The van der Waals surface area contributed by atoms with Crippen LogP contribution in [0.15, 0.2) is 121 Å². The standard InChI is InChI=1S/C41H36N2O7/c1-4-48-38(46)40(39(47)49-5-2)26(3)35(36(44)50-25-32-30-19-11-9-17-28(30)23-29-18-10-12-20-31(29)32)41(42-40)33-21-13-14-22-34(33)43(37(41)45)24-27-15-7-6-8-16-27/h6-23,35,42H,3-5,24-25H2,1-2H3/t35?,41-/m0/s1. The van der Waals surface area contributed by atoms with Gasteiger partial charge in [0.05, 0.1) is 19.8 Å². The molecule has 1 saturated heterocycles. The summed E-state index contributed by atoms with van der Waals surface area (Å²) in [6, 6.07) is 34.1. The number of benzene rings is 5. The first-order chi connectivity index (χ1) is 24.3. The highest BCUT2D eigenvalue weighted by Crippen LogP contribution is 2.55. The van der Waals surface area contributed by atoms with E-state index in [1.165, 1.54) is 0 Å². The lowest BCUT2D eigenvalue weighted by Gasteiger charge is -2.31. The lowest BCUT2D eigenvalue weighted by molar-refractivity contribution is -0.163. The lowest BCUT2D eigenvalue weighted by atomic mass is 9.77. The molecule has 2 atom stereocenters. The van der Waals surface area contributed by atoms with Gasteiger partial charge in [0.2, 0.25) is 5.54 Å². The van der Waals surface area contributed by atoms with Crippen LogP contribution in [0.5, 0.6) is 0 Å². The molecule has 1 fully saturated rings. The number of carbonyl (C=O) groups excluding carboxylic acids is 4. The van der Waals surface area contributed by atoms with E-state index in [1.807, 2.05) is 78.9 Å². The molecule has 1 N–H and O–H groups in total. The van der Waals surface area contributed by atoms with Crippen LogP contribution in [0.1, 0.15) is 30.5 Å². The molecule has 5 aromatic carbocycles. The van der Waals surface area contributed by atoms with Gasteiger partial charge in [-0.25, -0.2) is 9.59 Å². The maximum absolute atomic E-state index is 15.0. The molecule has 2 aliphatic rings. The fourth-order valence-corrected chi connectivity index (χ4v) is 7.46. The molecular weight excluding hydrogens is 632 g/mol. The third-order valence-corrected chi connectivity index (χ3v) is 9.67. The fraction of sp³-hybridized carbons (Fsp3) is 0.220. The smallest absolute Gasteiger partial charge is 0.342 e. The number of nitrogens with zero attached hydrogens (tertiary/aromatic N) is 1. The molecule has 9 nitrogen and oxygen atoms in total. The van der Waals surface area contributed by atoms with E-state index in [1.54, 1.807) is 43.0 Å². The number of hydrogen-bond donors (Lipinski definition) is 1. The minimum atomic E-state index is -2.38. The predicted molar refractivity (Wildman–Crippen MR) is 189 cm³/mol. The van der Waals surface area contributed by atoms with Gasteiger partial charge in [-0.15, -0.1) is 0 Å². The summed E-state index contributed by atoms with van der Waals surface area (Å²) in [5, 5.41) is 6.82. The summed E-state index contributed by atoms with van der Waals surface area (Å²) in [7, 11) is 0. The van der Waals surface area contributed by atoms with Crippen molar-refractivity contribution in [2.75, 3.05) is 18.1 Å². The summed E-state index contributed by atoms with van der Waals surface area (Å²) in [6.45, 7) is 7.25. The summed E-state index contributed by atoms with van der Waals surface area (Å²) in [4.78, 5) is 59.2. The molecule has 0 bridgehead atoms. The van der Waals surface area contributed by atoms with Crippen LogP contribution in [0.4, 0.5) is 5.69 Å². The molecule has 1 unspecified atom stereocenters. The van der Waals surface area contributed by atoms with Gasteiger partial charge in [0.25, 0.3) is 5.91 Å². The maximum Gasteiger partial charge on any atom is 0.342 e. The first-order valence-corrected chi connectivity index (χ1v) is 16.6. The number of para-hydroxylation sites is 1. The molecule has 0 aliphatic carbocycles. The third kappa shape index (κ3) is 4.96. The number of anilines is 1. The molecule has 0 saturated carbocycles.